The summed E-state index contributed by atoms with van der Waals surface area (Å²) >= 11 is 0. The number of fused-ring (bicyclic) bond motifs is 1. The third-order valence-corrected chi connectivity index (χ3v) is 6.28. The highest BCUT2D eigenvalue weighted by atomic mass is 19.4. The first-order chi connectivity index (χ1) is 18.2. The van der Waals surface area contributed by atoms with Crippen LogP contribution in [0.15, 0.2) is 79.3 Å². The average molecular weight is 516 g/mol. The van der Waals surface area contributed by atoms with Gasteiger partial charge in [-0.2, -0.15) is 18.3 Å². The highest BCUT2D eigenvalue weighted by Gasteiger charge is 2.30. The number of anilines is 2. The van der Waals surface area contributed by atoms with Gasteiger partial charge in [-0.15, -0.1) is 0 Å². The molecule has 0 saturated carbocycles. The summed E-state index contributed by atoms with van der Waals surface area (Å²) in [5, 5.41) is 8.08. The highest BCUT2D eigenvalue weighted by molar-refractivity contribution is 5.99. The lowest BCUT2D eigenvalue weighted by Crippen LogP contribution is -2.08. The van der Waals surface area contributed by atoms with Crippen molar-refractivity contribution < 1.29 is 18.0 Å². The Morgan fingerprint density at radius 2 is 1.87 bits per heavy atom. The summed E-state index contributed by atoms with van der Waals surface area (Å²) in [7, 11) is 1.83. The fourth-order valence-electron chi connectivity index (χ4n) is 4.35. The number of hydrogen-bond acceptors (Lipinski definition) is 5. The van der Waals surface area contributed by atoms with Gasteiger partial charge < -0.3 is 5.32 Å². The summed E-state index contributed by atoms with van der Waals surface area (Å²) in [5.41, 5.74) is 4.39. The molecule has 0 aliphatic rings. The van der Waals surface area contributed by atoms with Crippen molar-refractivity contribution in [3.05, 3.63) is 102 Å². The van der Waals surface area contributed by atoms with Crippen molar-refractivity contribution in [3.63, 3.8) is 0 Å². The molecule has 0 saturated heterocycles. The van der Waals surface area contributed by atoms with E-state index in [-0.39, 0.29) is 12.2 Å². The first kappa shape index (κ1) is 25.1. The number of alkyl halides is 3. The number of nitrogens with one attached hydrogen (secondary N) is 1. The summed E-state index contributed by atoms with van der Waals surface area (Å²) in [6.07, 6.45) is 1.42. The van der Waals surface area contributed by atoms with E-state index in [1.807, 2.05) is 50.5 Å². The van der Waals surface area contributed by atoms with Gasteiger partial charge in [-0.05, 0) is 52.9 Å². The Bertz CT molecular complexity index is 1640. The largest absolute Gasteiger partial charge is 0.416 e. The van der Waals surface area contributed by atoms with Gasteiger partial charge in [-0.3, -0.25) is 9.48 Å². The zero-order chi connectivity index (χ0) is 26.9. The molecule has 5 rings (SSSR count). The van der Waals surface area contributed by atoms with Crippen LogP contribution in [0.3, 0.4) is 0 Å². The average Bonchev–Trinajstić information content (AvgIpc) is 3.31. The second-order valence-corrected chi connectivity index (χ2v) is 9.02. The van der Waals surface area contributed by atoms with Crippen LogP contribution in [-0.4, -0.2) is 25.5 Å². The Labute approximate surface area is 217 Å². The molecule has 2 aromatic heterocycles. The van der Waals surface area contributed by atoms with Crippen LogP contribution in [-0.2, 0) is 26.1 Å². The van der Waals surface area contributed by atoms with Gasteiger partial charge in [0.25, 0.3) is 0 Å². The molecule has 0 aliphatic carbocycles. The Kier molecular flexibility index (Phi) is 6.67. The molecule has 6 nitrogen and oxygen atoms in total. The van der Waals surface area contributed by atoms with Crippen molar-refractivity contribution in [2.24, 2.45) is 7.05 Å². The molecule has 0 atom stereocenters. The van der Waals surface area contributed by atoms with Gasteiger partial charge in [0.05, 0.1) is 23.0 Å². The number of halogens is 3. The van der Waals surface area contributed by atoms with E-state index in [1.165, 1.54) is 12.1 Å². The molecule has 3 aromatic carbocycles. The van der Waals surface area contributed by atoms with E-state index in [0.29, 0.717) is 17.1 Å². The van der Waals surface area contributed by atoms with E-state index < -0.39 is 11.7 Å². The van der Waals surface area contributed by atoms with Crippen molar-refractivity contribution in [2.45, 2.75) is 25.9 Å². The Morgan fingerprint density at radius 1 is 1.03 bits per heavy atom. The molecule has 9 heteroatoms. The number of aromatic nitrogens is 4. The molecule has 0 aliphatic heterocycles. The van der Waals surface area contributed by atoms with Gasteiger partial charge in [0.15, 0.2) is 5.78 Å². The smallest absolute Gasteiger partial charge is 0.321 e. The summed E-state index contributed by atoms with van der Waals surface area (Å²) in [5.74, 6) is 0.207. The summed E-state index contributed by atoms with van der Waals surface area (Å²) in [6.45, 7) is 2.03. The fraction of sp³-hybridized carbons (Fsp3) is 0.172. The molecule has 5 aromatic rings. The Morgan fingerprint density at radius 3 is 2.61 bits per heavy atom. The van der Waals surface area contributed by atoms with Gasteiger partial charge in [0.2, 0.25) is 5.95 Å². The SMILES string of the molecule is CCc1ccc(C(=O)Cc2cccc(C(F)(F)F)c2)cc1-c1ccc2nc(Nc3cnn(C)c3)ncc2c1. The summed E-state index contributed by atoms with van der Waals surface area (Å²) in [4.78, 5) is 22.0. The Balaban J connectivity index is 1.42. The maximum atomic E-state index is 13.1. The van der Waals surface area contributed by atoms with Crippen LogP contribution >= 0.6 is 0 Å². The predicted octanol–water partition coefficient (Wildman–Crippen LogP) is 6.78. The molecule has 0 radical (unpaired) electrons. The zero-order valence-electron chi connectivity index (χ0n) is 20.8. The second kappa shape index (κ2) is 10.1. The molecule has 0 unspecified atom stereocenters. The topological polar surface area (TPSA) is 72.7 Å². The van der Waals surface area contributed by atoms with Gasteiger partial charge in [-0.1, -0.05) is 43.3 Å². The molecule has 1 N–H and O–H groups in total. The van der Waals surface area contributed by atoms with Crippen molar-refractivity contribution in [1.29, 1.82) is 0 Å². The number of carbonyl (C=O) groups excluding carboxylic acids is 1. The number of ketones is 1. The number of hydrogen-bond donors (Lipinski definition) is 1. The molecule has 38 heavy (non-hydrogen) atoms. The van der Waals surface area contributed by atoms with Crippen LogP contribution < -0.4 is 5.32 Å². The number of carbonyl (C=O) groups is 1. The molecule has 0 amide bonds. The first-order valence-electron chi connectivity index (χ1n) is 12.0. The van der Waals surface area contributed by atoms with Crippen LogP contribution in [0.4, 0.5) is 24.8 Å². The third kappa shape index (κ3) is 5.41. The Hall–Kier alpha value is -4.53. The van der Waals surface area contributed by atoms with Crippen LogP contribution in [0.5, 0.6) is 0 Å². The third-order valence-electron chi connectivity index (χ3n) is 6.28. The maximum Gasteiger partial charge on any atom is 0.416 e. The standard InChI is InChI=1S/C29H24F3N5O/c1-3-19-7-8-21(27(38)12-18-5-4-6-23(11-18)29(30,31)32)14-25(19)20-9-10-26-22(13-20)15-33-28(36-26)35-24-16-34-37(2)17-24/h4-11,13-17H,3,12H2,1-2H3,(H,33,35,36). The lowest BCUT2D eigenvalue weighted by molar-refractivity contribution is -0.137. The quantitative estimate of drug-likeness (QED) is 0.242. The molecular weight excluding hydrogens is 491 g/mol. The minimum atomic E-state index is -4.45. The number of Topliss-reactive ketones (excluding diaryl/α,β-unsaturated/α-hetero) is 1. The van der Waals surface area contributed by atoms with Crippen LogP contribution in [0.1, 0.15) is 34.0 Å². The number of aryl methyl sites for hydroxylation is 2. The minimum absolute atomic E-state index is 0.118. The van der Waals surface area contributed by atoms with Crippen molar-refractivity contribution in [1.82, 2.24) is 19.7 Å². The normalized spacial score (nSPS) is 11.6. The number of benzene rings is 3. The highest BCUT2D eigenvalue weighted by Crippen LogP contribution is 2.31. The van der Waals surface area contributed by atoms with Gasteiger partial charge in [0, 0.05) is 36.8 Å². The van der Waals surface area contributed by atoms with Gasteiger partial charge >= 0.3 is 6.18 Å². The molecule has 192 valence electrons. The zero-order valence-corrected chi connectivity index (χ0v) is 20.8. The van der Waals surface area contributed by atoms with E-state index in [1.54, 1.807) is 23.1 Å². The minimum Gasteiger partial charge on any atom is -0.321 e. The van der Waals surface area contributed by atoms with E-state index in [9.17, 15) is 18.0 Å². The lowest BCUT2D eigenvalue weighted by Gasteiger charge is -2.12. The summed E-state index contributed by atoms with van der Waals surface area (Å²) < 4.78 is 40.9. The molecule has 0 bridgehead atoms. The van der Waals surface area contributed by atoms with E-state index in [2.05, 4.69) is 20.4 Å². The number of rotatable bonds is 7. The van der Waals surface area contributed by atoms with Crippen molar-refractivity contribution in [3.8, 4) is 11.1 Å². The predicted molar refractivity (Wildman–Crippen MR) is 140 cm³/mol. The van der Waals surface area contributed by atoms with Crippen LogP contribution in [0.2, 0.25) is 0 Å². The summed E-state index contributed by atoms with van der Waals surface area (Å²) in [6, 6.07) is 16.2. The van der Waals surface area contributed by atoms with Crippen LogP contribution in [0.25, 0.3) is 22.0 Å². The van der Waals surface area contributed by atoms with Crippen LogP contribution in [0, 0.1) is 0 Å². The molecule has 2 heterocycles. The van der Waals surface area contributed by atoms with Gasteiger partial charge in [-0.25, -0.2) is 9.97 Å². The van der Waals surface area contributed by atoms with Crippen molar-refractivity contribution >= 4 is 28.3 Å². The van der Waals surface area contributed by atoms with E-state index in [4.69, 9.17) is 0 Å². The number of nitrogens with zero attached hydrogens (tertiary/aromatic N) is 4. The van der Waals surface area contributed by atoms with Crippen molar-refractivity contribution in [2.75, 3.05) is 5.32 Å². The maximum absolute atomic E-state index is 13.1. The second-order valence-electron chi connectivity index (χ2n) is 9.02. The first-order valence-corrected chi connectivity index (χ1v) is 12.0. The van der Waals surface area contributed by atoms with Gasteiger partial charge in [0.1, 0.15) is 0 Å². The molecular formula is C29H24F3N5O. The lowest BCUT2D eigenvalue weighted by atomic mass is 9.92. The molecule has 0 spiro atoms. The van der Waals surface area contributed by atoms with E-state index >= 15 is 0 Å². The fourth-order valence-corrected chi connectivity index (χ4v) is 4.35. The monoisotopic (exact) mass is 515 g/mol. The van der Waals surface area contributed by atoms with E-state index in [0.717, 1.165) is 51.8 Å². The molecule has 0 fully saturated rings.